The zero-order valence-corrected chi connectivity index (χ0v) is 16.2. The maximum Gasteiger partial charge on any atom is 0.418 e. The fraction of sp³-hybridized carbons (Fsp3) is 0.167. The molecule has 0 amide bonds. The van der Waals surface area contributed by atoms with Crippen molar-refractivity contribution in [2.45, 2.75) is 19.3 Å². The van der Waals surface area contributed by atoms with Gasteiger partial charge in [-0.05, 0) is 54.0 Å². The first-order chi connectivity index (χ1) is 12.8. The Balaban J connectivity index is 1.85. The van der Waals surface area contributed by atoms with Crippen LogP contribution >= 0.6 is 35.2 Å². The Hall–Kier alpha value is -2.03. The fourth-order valence-electron chi connectivity index (χ4n) is 2.44. The Morgan fingerprint density at radius 3 is 2.63 bits per heavy atom. The van der Waals surface area contributed by atoms with Gasteiger partial charge in [-0.1, -0.05) is 17.7 Å². The number of hydrogen-bond acceptors (Lipinski definition) is 3. The number of nitrogens with zero attached hydrogens (tertiary/aromatic N) is 1. The van der Waals surface area contributed by atoms with Gasteiger partial charge in [0.2, 0.25) is 0 Å². The second kappa shape index (κ2) is 8.33. The summed E-state index contributed by atoms with van der Waals surface area (Å²) in [5.74, 6) is 0.651. The lowest BCUT2D eigenvalue weighted by molar-refractivity contribution is -0.136. The molecule has 0 unspecified atom stereocenters. The van der Waals surface area contributed by atoms with Crippen LogP contribution in [0.25, 0.3) is 0 Å². The van der Waals surface area contributed by atoms with E-state index in [9.17, 15) is 13.2 Å². The molecule has 0 spiro atoms. The molecule has 0 fully saturated rings. The molecule has 0 saturated carbocycles. The number of nitrogens with one attached hydrogen (secondary N) is 1. The fourth-order valence-corrected chi connectivity index (χ4v) is 3.57. The van der Waals surface area contributed by atoms with Gasteiger partial charge in [0.05, 0.1) is 30.6 Å². The molecule has 3 nitrogen and oxygen atoms in total. The smallest absolute Gasteiger partial charge is 0.418 e. The summed E-state index contributed by atoms with van der Waals surface area (Å²) in [6.07, 6.45) is -2.99. The summed E-state index contributed by atoms with van der Waals surface area (Å²) >= 11 is 12.8. The Labute approximate surface area is 168 Å². The van der Waals surface area contributed by atoms with Gasteiger partial charge in [-0.25, -0.2) is 0 Å². The Kier molecular flexibility index (Phi) is 6.08. The Morgan fingerprint density at radius 2 is 2.00 bits per heavy atom. The van der Waals surface area contributed by atoms with Crippen LogP contribution in [0.1, 0.15) is 16.2 Å². The number of halogens is 4. The average Bonchev–Trinajstić information content (AvgIpc) is 3.27. The van der Waals surface area contributed by atoms with E-state index in [0.29, 0.717) is 18.8 Å². The largest absolute Gasteiger partial charge is 0.467 e. The van der Waals surface area contributed by atoms with Gasteiger partial charge in [0.1, 0.15) is 5.76 Å². The van der Waals surface area contributed by atoms with Crippen molar-refractivity contribution in [1.29, 1.82) is 0 Å². The lowest BCUT2D eigenvalue weighted by Crippen LogP contribution is -2.34. The first kappa shape index (κ1) is 19.7. The normalized spacial score (nSPS) is 11.4. The number of benzene rings is 1. The van der Waals surface area contributed by atoms with Crippen LogP contribution in [0.3, 0.4) is 0 Å². The molecule has 9 heteroatoms. The summed E-state index contributed by atoms with van der Waals surface area (Å²) in [4.78, 5) is 2.76. The van der Waals surface area contributed by atoms with E-state index in [4.69, 9.17) is 28.2 Å². The highest BCUT2D eigenvalue weighted by Gasteiger charge is 2.34. The molecule has 2 heterocycles. The van der Waals surface area contributed by atoms with E-state index in [-0.39, 0.29) is 15.8 Å². The number of rotatable bonds is 5. The number of thiocarbonyl (C=S) groups is 1. The molecule has 27 heavy (non-hydrogen) atoms. The lowest BCUT2D eigenvalue weighted by atomic mass is 10.1. The minimum atomic E-state index is -4.53. The zero-order valence-electron chi connectivity index (χ0n) is 13.8. The van der Waals surface area contributed by atoms with E-state index in [1.165, 1.54) is 29.7 Å². The van der Waals surface area contributed by atoms with Crippen molar-refractivity contribution in [3.63, 3.8) is 0 Å². The lowest BCUT2D eigenvalue weighted by Gasteiger charge is -2.25. The molecule has 3 rings (SSSR count). The van der Waals surface area contributed by atoms with Crippen molar-refractivity contribution < 1.29 is 17.6 Å². The molecule has 0 bridgehead atoms. The number of hydrogen-bond donors (Lipinski definition) is 1. The van der Waals surface area contributed by atoms with E-state index in [0.717, 1.165) is 10.9 Å². The van der Waals surface area contributed by atoms with E-state index in [2.05, 4.69) is 5.32 Å². The molecule has 0 radical (unpaired) electrons. The zero-order chi connectivity index (χ0) is 19.4. The van der Waals surface area contributed by atoms with E-state index < -0.39 is 11.7 Å². The van der Waals surface area contributed by atoms with Gasteiger partial charge in [-0.3, -0.25) is 0 Å². The van der Waals surface area contributed by atoms with Crippen molar-refractivity contribution in [2.75, 3.05) is 5.32 Å². The van der Waals surface area contributed by atoms with Gasteiger partial charge >= 0.3 is 6.18 Å². The average molecular weight is 431 g/mol. The third-order valence-electron chi connectivity index (χ3n) is 3.67. The van der Waals surface area contributed by atoms with Crippen LogP contribution in [0.15, 0.2) is 58.5 Å². The third kappa shape index (κ3) is 5.24. The first-order valence-corrected chi connectivity index (χ1v) is 9.47. The Morgan fingerprint density at radius 1 is 1.19 bits per heavy atom. The van der Waals surface area contributed by atoms with Crippen LogP contribution < -0.4 is 5.32 Å². The second-order valence-corrected chi connectivity index (χ2v) is 7.49. The topological polar surface area (TPSA) is 28.4 Å². The van der Waals surface area contributed by atoms with E-state index in [1.54, 1.807) is 17.0 Å². The molecular formula is C18H14ClF3N2OS2. The third-order valence-corrected chi connectivity index (χ3v) is 5.13. The molecule has 142 valence electrons. The standard InChI is InChI=1S/C18H14ClF3N2OS2/c19-12-5-6-15(18(20,21)22)16(9-12)23-17(26)24(10-13-3-1-7-25-13)11-14-4-2-8-27-14/h1-9H,10-11H2,(H,23,26). The van der Waals surface area contributed by atoms with Gasteiger partial charge in [0, 0.05) is 9.90 Å². The van der Waals surface area contributed by atoms with Crippen LogP contribution in [0.5, 0.6) is 0 Å². The number of furan rings is 1. The summed E-state index contributed by atoms with van der Waals surface area (Å²) in [7, 11) is 0. The number of anilines is 1. The van der Waals surface area contributed by atoms with E-state index >= 15 is 0 Å². The van der Waals surface area contributed by atoms with Crippen molar-refractivity contribution >= 4 is 46.0 Å². The second-order valence-electron chi connectivity index (χ2n) is 5.63. The number of thiophene rings is 1. The predicted molar refractivity (Wildman–Crippen MR) is 105 cm³/mol. The summed E-state index contributed by atoms with van der Waals surface area (Å²) in [6, 6.07) is 10.7. The van der Waals surface area contributed by atoms with Gasteiger partial charge in [0.15, 0.2) is 5.11 Å². The maximum atomic E-state index is 13.3. The summed E-state index contributed by atoms with van der Waals surface area (Å²) in [5.41, 5.74) is -1.01. The minimum Gasteiger partial charge on any atom is -0.467 e. The molecule has 2 aromatic heterocycles. The number of alkyl halides is 3. The van der Waals surface area contributed by atoms with E-state index in [1.807, 2.05) is 17.5 Å². The van der Waals surface area contributed by atoms with Crippen LogP contribution in [0.2, 0.25) is 5.02 Å². The van der Waals surface area contributed by atoms with Crippen LogP contribution in [-0.4, -0.2) is 10.0 Å². The predicted octanol–water partition coefficient (Wildman–Crippen LogP) is 6.41. The minimum absolute atomic E-state index is 0.146. The molecular weight excluding hydrogens is 417 g/mol. The molecule has 0 aliphatic heterocycles. The quantitative estimate of drug-likeness (QED) is 0.473. The maximum absolute atomic E-state index is 13.3. The van der Waals surface area contributed by atoms with Crippen molar-refractivity contribution in [1.82, 2.24) is 4.90 Å². The summed E-state index contributed by atoms with van der Waals surface area (Å²) in [6.45, 7) is 0.755. The molecule has 0 aliphatic rings. The molecule has 0 atom stereocenters. The van der Waals surface area contributed by atoms with Crippen LogP contribution in [-0.2, 0) is 19.3 Å². The summed E-state index contributed by atoms with van der Waals surface area (Å²) in [5, 5.41) is 4.96. The molecule has 0 aliphatic carbocycles. The summed E-state index contributed by atoms with van der Waals surface area (Å²) < 4.78 is 45.2. The van der Waals surface area contributed by atoms with Gasteiger partial charge in [-0.2, -0.15) is 13.2 Å². The van der Waals surface area contributed by atoms with Crippen LogP contribution in [0, 0.1) is 0 Å². The van der Waals surface area contributed by atoms with Gasteiger partial charge in [-0.15, -0.1) is 11.3 Å². The molecule has 0 saturated heterocycles. The van der Waals surface area contributed by atoms with Crippen LogP contribution in [0.4, 0.5) is 18.9 Å². The van der Waals surface area contributed by atoms with Crippen molar-refractivity contribution in [3.8, 4) is 0 Å². The van der Waals surface area contributed by atoms with Gasteiger partial charge in [0.25, 0.3) is 0 Å². The van der Waals surface area contributed by atoms with Gasteiger partial charge < -0.3 is 14.6 Å². The molecule has 1 aromatic carbocycles. The van der Waals surface area contributed by atoms with Crippen molar-refractivity contribution in [2.24, 2.45) is 0 Å². The van der Waals surface area contributed by atoms with Crippen molar-refractivity contribution in [3.05, 3.63) is 75.3 Å². The highest BCUT2D eigenvalue weighted by atomic mass is 35.5. The highest BCUT2D eigenvalue weighted by molar-refractivity contribution is 7.80. The monoisotopic (exact) mass is 430 g/mol. The SMILES string of the molecule is FC(F)(F)c1ccc(Cl)cc1NC(=S)N(Cc1ccco1)Cc1cccs1. The Bertz CT molecular complexity index is 860. The molecule has 3 aromatic rings. The first-order valence-electron chi connectivity index (χ1n) is 7.80. The highest BCUT2D eigenvalue weighted by Crippen LogP contribution is 2.36. The molecule has 1 N–H and O–H groups in total.